The minimum atomic E-state index is 0.567. The molecule has 0 saturated carbocycles. The van der Waals surface area contributed by atoms with E-state index in [2.05, 4.69) is 61.6 Å². The van der Waals surface area contributed by atoms with Crippen LogP contribution >= 0.6 is 0 Å². The third kappa shape index (κ3) is 1.91. The predicted octanol–water partition coefficient (Wildman–Crippen LogP) is 6.11. The van der Waals surface area contributed by atoms with Crippen LogP contribution in [0.15, 0.2) is 76.9 Å². The number of hydrogen-bond donors (Lipinski definition) is 0. The zero-order valence-corrected chi connectivity index (χ0v) is 13.7. The van der Waals surface area contributed by atoms with E-state index < -0.39 is 0 Å². The van der Waals surface area contributed by atoms with Crippen molar-refractivity contribution in [1.82, 2.24) is 0 Å². The van der Waals surface area contributed by atoms with Crippen molar-refractivity contribution >= 4 is 5.57 Å². The zero-order chi connectivity index (χ0) is 15.4. The Morgan fingerprint density at radius 3 is 2.83 bits per heavy atom. The molecule has 2 atom stereocenters. The van der Waals surface area contributed by atoms with Crippen LogP contribution in [-0.4, -0.2) is 0 Å². The van der Waals surface area contributed by atoms with Crippen molar-refractivity contribution in [1.29, 1.82) is 0 Å². The number of allylic oxidation sites excluding steroid dienone is 10. The summed E-state index contributed by atoms with van der Waals surface area (Å²) < 4.78 is 0. The van der Waals surface area contributed by atoms with E-state index >= 15 is 0 Å². The molecular formula is C23H22. The summed E-state index contributed by atoms with van der Waals surface area (Å²) >= 11 is 0. The molecule has 0 amide bonds. The monoisotopic (exact) mass is 298 g/mol. The number of hydrogen-bond acceptors (Lipinski definition) is 0. The van der Waals surface area contributed by atoms with Gasteiger partial charge in [-0.2, -0.15) is 0 Å². The molecule has 0 saturated heterocycles. The summed E-state index contributed by atoms with van der Waals surface area (Å²) in [6.45, 7) is 2.28. The van der Waals surface area contributed by atoms with E-state index in [9.17, 15) is 0 Å². The molecule has 23 heavy (non-hydrogen) atoms. The molecule has 0 aromatic heterocycles. The fourth-order valence-corrected chi connectivity index (χ4v) is 4.88. The van der Waals surface area contributed by atoms with Gasteiger partial charge in [-0.1, -0.05) is 60.2 Å². The molecule has 0 aliphatic heterocycles. The molecule has 4 aliphatic carbocycles. The van der Waals surface area contributed by atoms with Crippen LogP contribution in [0.3, 0.4) is 0 Å². The van der Waals surface area contributed by atoms with Crippen LogP contribution in [0.5, 0.6) is 0 Å². The molecule has 0 nitrogen and oxygen atoms in total. The van der Waals surface area contributed by atoms with Gasteiger partial charge in [-0.05, 0) is 66.0 Å². The Bertz CT molecular complexity index is 839. The summed E-state index contributed by atoms with van der Waals surface area (Å²) in [5.41, 5.74) is 10.9. The first kappa shape index (κ1) is 13.4. The standard InChI is InChI=1S/C23H22/c1-15-6-4-7-16(14-15)17-12-13-22-19-9-3-2-8-18(19)21-11-5-10-20(17)23(21)22/h2-3,5,7-10,13-14,17,21H,4,6,11-12H2,1H3. The van der Waals surface area contributed by atoms with Crippen molar-refractivity contribution in [2.75, 3.05) is 0 Å². The highest BCUT2D eigenvalue weighted by Crippen LogP contribution is 2.55. The molecule has 1 aromatic carbocycles. The van der Waals surface area contributed by atoms with Gasteiger partial charge in [0, 0.05) is 11.8 Å². The van der Waals surface area contributed by atoms with Crippen molar-refractivity contribution in [3.8, 4) is 0 Å². The van der Waals surface area contributed by atoms with Gasteiger partial charge in [0.15, 0.2) is 0 Å². The predicted molar refractivity (Wildman–Crippen MR) is 97.1 cm³/mol. The highest BCUT2D eigenvalue weighted by atomic mass is 14.4. The summed E-state index contributed by atoms with van der Waals surface area (Å²) in [5, 5.41) is 0. The van der Waals surface area contributed by atoms with Crippen LogP contribution in [-0.2, 0) is 0 Å². The van der Waals surface area contributed by atoms with E-state index in [1.165, 1.54) is 29.6 Å². The van der Waals surface area contributed by atoms with Gasteiger partial charge in [0.2, 0.25) is 0 Å². The maximum absolute atomic E-state index is 2.51. The summed E-state index contributed by atoms with van der Waals surface area (Å²) in [7, 11) is 0. The SMILES string of the molecule is CC1=CC(C2CC=C3C4=C2C=CCC4c2ccccc23)=CCC1. The molecule has 0 radical (unpaired) electrons. The van der Waals surface area contributed by atoms with Gasteiger partial charge >= 0.3 is 0 Å². The van der Waals surface area contributed by atoms with Crippen molar-refractivity contribution in [3.05, 3.63) is 88.1 Å². The molecule has 0 fully saturated rings. The summed E-state index contributed by atoms with van der Waals surface area (Å²) in [4.78, 5) is 0. The van der Waals surface area contributed by atoms with Crippen molar-refractivity contribution in [2.24, 2.45) is 5.92 Å². The lowest BCUT2D eigenvalue weighted by atomic mass is 9.73. The van der Waals surface area contributed by atoms with Crippen molar-refractivity contribution < 1.29 is 0 Å². The third-order valence-corrected chi connectivity index (χ3v) is 5.91. The lowest BCUT2D eigenvalue weighted by molar-refractivity contribution is 0.698. The summed E-state index contributed by atoms with van der Waals surface area (Å²) in [6.07, 6.45) is 17.0. The van der Waals surface area contributed by atoms with Gasteiger partial charge < -0.3 is 0 Å². The molecule has 0 spiro atoms. The molecule has 5 rings (SSSR count). The first-order valence-electron chi connectivity index (χ1n) is 8.90. The second-order valence-corrected chi connectivity index (χ2v) is 7.29. The normalized spacial score (nSPS) is 28.0. The van der Waals surface area contributed by atoms with Gasteiger partial charge in [0.1, 0.15) is 0 Å². The maximum atomic E-state index is 2.51. The highest BCUT2D eigenvalue weighted by Gasteiger charge is 2.38. The van der Waals surface area contributed by atoms with E-state index in [4.69, 9.17) is 0 Å². The fourth-order valence-electron chi connectivity index (χ4n) is 4.88. The van der Waals surface area contributed by atoms with Crippen molar-refractivity contribution in [3.63, 3.8) is 0 Å². The van der Waals surface area contributed by atoms with E-state index in [-0.39, 0.29) is 0 Å². The zero-order valence-electron chi connectivity index (χ0n) is 13.7. The Hall–Kier alpha value is -2.08. The lowest BCUT2D eigenvalue weighted by Crippen LogP contribution is -2.16. The molecule has 0 N–H and O–H groups in total. The van der Waals surface area contributed by atoms with Crippen LogP contribution in [0, 0.1) is 5.92 Å². The summed E-state index contributed by atoms with van der Waals surface area (Å²) in [6, 6.07) is 9.03. The van der Waals surface area contributed by atoms with Gasteiger partial charge in [0.05, 0.1) is 0 Å². The van der Waals surface area contributed by atoms with Crippen molar-refractivity contribution in [2.45, 2.75) is 38.5 Å². The van der Waals surface area contributed by atoms with Crippen LogP contribution in [0.25, 0.3) is 5.57 Å². The fraction of sp³-hybridized carbons (Fsp3) is 0.304. The number of benzene rings is 1. The lowest BCUT2D eigenvalue weighted by Gasteiger charge is -2.31. The number of fused-ring (bicyclic) bond motifs is 3. The van der Waals surface area contributed by atoms with Crippen LogP contribution in [0.1, 0.15) is 49.7 Å². The Kier molecular flexibility index (Phi) is 2.88. The Balaban J connectivity index is 1.66. The Morgan fingerprint density at radius 2 is 1.91 bits per heavy atom. The minimum Gasteiger partial charge on any atom is -0.0833 e. The van der Waals surface area contributed by atoms with Gasteiger partial charge in [-0.25, -0.2) is 0 Å². The average Bonchev–Trinajstić information content (AvgIpc) is 2.92. The molecule has 0 bridgehead atoms. The molecule has 4 aliphatic rings. The Morgan fingerprint density at radius 1 is 1.00 bits per heavy atom. The number of rotatable bonds is 1. The minimum absolute atomic E-state index is 0.567. The first-order chi connectivity index (χ1) is 11.3. The molecular weight excluding hydrogens is 276 g/mol. The first-order valence-corrected chi connectivity index (χ1v) is 8.90. The highest BCUT2D eigenvalue weighted by molar-refractivity contribution is 5.91. The smallest absolute Gasteiger partial charge is 0.0139 e. The van der Waals surface area contributed by atoms with E-state index in [0.29, 0.717) is 11.8 Å². The maximum Gasteiger partial charge on any atom is 0.0139 e. The van der Waals surface area contributed by atoms with E-state index in [1.807, 2.05) is 0 Å². The quantitative estimate of drug-likeness (QED) is 0.586. The second-order valence-electron chi connectivity index (χ2n) is 7.29. The second kappa shape index (κ2) is 4.96. The summed E-state index contributed by atoms with van der Waals surface area (Å²) in [5.74, 6) is 1.16. The molecule has 0 heteroatoms. The van der Waals surface area contributed by atoms with Gasteiger partial charge in [-0.3, -0.25) is 0 Å². The average molecular weight is 298 g/mol. The van der Waals surface area contributed by atoms with Crippen LogP contribution in [0.2, 0.25) is 0 Å². The Labute approximate surface area is 138 Å². The van der Waals surface area contributed by atoms with Crippen LogP contribution < -0.4 is 0 Å². The largest absolute Gasteiger partial charge is 0.0833 e. The van der Waals surface area contributed by atoms with Gasteiger partial charge in [-0.15, -0.1) is 0 Å². The molecule has 0 heterocycles. The van der Waals surface area contributed by atoms with E-state index in [0.717, 1.165) is 12.8 Å². The molecule has 1 aromatic rings. The molecule has 2 unspecified atom stereocenters. The van der Waals surface area contributed by atoms with Crippen LogP contribution in [0.4, 0.5) is 0 Å². The topological polar surface area (TPSA) is 0 Å². The molecule has 114 valence electrons. The third-order valence-electron chi connectivity index (χ3n) is 5.91. The van der Waals surface area contributed by atoms with Gasteiger partial charge in [0.25, 0.3) is 0 Å². The van der Waals surface area contributed by atoms with E-state index in [1.54, 1.807) is 22.3 Å².